The first-order chi connectivity index (χ1) is 10.4. The number of carbonyl (C=O) groups is 1. The van der Waals surface area contributed by atoms with E-state index in [1.165, 1.54) is 9.80 Å². The van der Waals surface area contributed by atoms with Crippen molar-refractivity contribution in [2.45, 2.75) is 19.2 Å². The molecule has 1 aliphatic heterocycles. The fraction of sp³-hybridized carbons (Fsp3) is 0.533. The zero-order valence-electron chi connectivity index (χ0n) is 12.2. The Labute approximate surface area is 127 Å². The highest BCUT2D eigenvalue weighted by Gasteiger charge is 2.32. The molecule has 1 heterocycles. The lowest BCUT2D eigenvalue weighted by Crippen LogP contribution is -2.38. The zero-order valence-corrected chi connectivity index (χ0v) is 12.2. The maximum Gasteiger partial charge on any atom is 0.410 e. The van der Waals surface area contributed by atoms with Gasteiger partial charge in [0.25, 0.3) is 0 Å². The summed E-state index contributed by atoms with van der Waals surface area (Å²) in [6.45, 7) is 0.454. The van der Waals surface area contributed by atoms with Crippen LogP contribution in [0.3, 0.4) is 0 Å². The van der Waals surface area contributed by atoms with Crippen LogP contribution in [0.1, 0.15) is 12.0 Å². The van der Waals surface area contributed by atoms with Gasteiger partial charge in [-0.15, -0.1) is 0 Å². The lowest BCUT2D eigenvalue weighted by atomic mass is 10.2. The van der Waals surface area contributed by atoms with Crippen molar-refractivity contribution in [1.82, 2.24) is 9.80 Å². The van der Waals surface area contributed by atoms with Crippen molar-refractivity contribution in [3.05, 3.63) is 35.9 Å². The van der Waals surface area contributed by atoms with Crippen molar-refractivity contribution in [1.29, 1.82) is 0 Å². The molecule has 1 fully saturated rings. The minimum Gasteiger partial charge on any atom is -0.445 e. The third-order valence-electron chi connectivity index (χ3n) is 3.45. The van der Waals surface area contributed by atoms with Gasteiger partial charge in [0.2, 0.25) is 0 Å². The minimum absolute atomic E-state index is 0.169. The Balaban J connectivity index is 1.79. The van der Waals surface area contributed by atoms with Crippen LogP contribution >= 0.6 is 0 Å². The topological polar surface area (TPSA) is 32.8 Å². The van der Waals surface area contributed by atoms with E-state index in [-0.39, 0.29) is 19.7 Å². The number of ether oxygens (including phenoxy) is 1. The molecular formula is C15H19F3N2O2. The Morgan fingerprint density at radius 3 is 2.50 bits per heavy atom. The molecule has 0 N–H and O–H groups in total. The van der Waals surface area contributed by atoms with E-state index in [4.69, 9.17) is 4.74 Å². The van der Waals surface area contributed by atoms with E-state index >= 15 is 0 Å². The molecule has 1 aliphatic rings. The second-order valence-electron chi connectivity index (χ2n) is 5.27. The number of carbonyl (C=O) groups excluding carboxylic acids is 1. The molecule has 1 aromatic rings. The Morgan fingerprint density at radius 2 is 1.82 bits per heavy atom. The molecule has 22 heavy (non-hydrogen) atoms. The Hall–Kier alpha value is -1.76. The average molecular weight is 316 g/mol. The number of amides is 1. The van der Waals surface area contributed by atoms with Crippen molar-refractivity contribution in [2.75, 3.05) is 32.7 Å². The highest BCUT2D eigenvalue weighted by molar-refractivity contribution is 5.67. The summed E-state index contributed by atoms with van der Waals surface area (Å²) in [4.78, 5) is 14.8. The summed E-state index contributed by atoms with van der Waals surface area (Å²) in [5.74, 6) is 0. The summed E-state index contributed by atoms with van der Waals surface area (Å²) in [6.07, 6.45) is -4.17. The van der Waals surface area contributed by atoms with Gasteiger partial charge in [0.1, 0.15) is 6.61 Å². The summed E-state index contributed by atoms with van der Waals surface area (Å²) in [5.41, 5.74) is 0.879. The third kappa shape index (κ3) is 5.55. The van der Waals surface area contributed by atoms with Crippen LogP contribution in [0.5, 0.6) is 0 Å². The van der Waals surface area contributed by atoms with Gasteiger partial charge in [0.15, 0.2) is 0 Å². The number of hydrogen-bond acceptors (Lipinski definition) is 3. The Bertz CT molecular complexity index is 479. The summed E-state index contributed by atoms with van der Waals surface area (Å²) in [7, 11) is 0. The molecule has 0 aromatic heterocycles. The van der Waals surface area contributed by atoms with Crippen LogP contribution in [0.25, 0.3) is 0 Å². The maximum absolute atomic E-state index is 12.4. The van der Waals surface area contributed by atoms with Gasteiger partial charge < -0.3 is 9.64 Å². The van der Waals surface area contributed by atoms with Gasteiger partial charge in [-0.3, -0.25) is 4.90 Å². The molecule has 0 atom stereocenters. The van der Waals surface area contributed by atoms with Crippen LogP contribution in [0, 0.1) is 0 Å². The van der Waals surface area contributed by atoms with Crippen LogP contribution in [-0.2, 0) is 11.3 Å². The normalized spacial score (nSPS) is 17.1. The first-order valence-electron chi connectivity index (χ1n) is 7.19. The fourth-order valence-electron chi connectivity index (χ4n) is 2.38. The van der Waals surface area contributed by atoms with Gasteiger partial charge in [-0.1, -0.05) is 30.3 Å². The third-order valence-corrected chi connectivity index (χ3v) is 3.45. The molecule has 0 aliphatic carbocycles. The van der Waals surface area contributed by atoms with E-state index in [1.807, 2.05) is 30.3 Å². The number of rotatable bonds is 3. The highest BCUT2D eigenvalue weighted by Crippen LogP contribution is 2.17. The molecule has 0 bridgehead atoms. The van der Waals surface area contributed by atoms with Crippen LogP contribution in [-0.4, -0.2) is 54.8 Å². The quantitative estimate of drug-likeness (QED) is 0.859. The molecule has 2 rings (SSSR count). The van der Waals surface area contributed by atoms with Gasteiger partial charge in [-0.05, 0) is 12.0 Å². The molecular weight excluding hydrogens is 297 g/mol. The number of halogens is 3. The second kappa shape index (κ2) is 7.49. The molecule has 1 amide bonds. The standard InChI is InChI=1S/C15H19F3N2O2/c16-15(17,18)12-19-7-4-8-20(10-9-19)14(21)22-11-13-5-2-1-3-6-13/h1-3,5-6H,4,7-12H2. The summed E-state index contributed by atoms with van der Waals surface area (Å²) in [5, 5.41) is 0. The Morgan fingerprint density at radius 1 is 1.09 bits per heavy atom. The summed E-state index contributed by atoms with van der Waals surface area (Å²) < 4.78 is 42.4. The predicted octanol–water partition coefficient (Wildman–Crippen LogP) is 2.89. The predicted molar refractivity (Wildman–Crippen MR) is 75.3 cm³/mol. The first-order valence-corrected chi connectivity index (χ1v) is 7.19. The van der Waals surface area contributed by atoms with Gasteiger partial charge in [0, 0.05) is 26.2 Å². The SMILES string of the molecule is O=C(OCc1ccccc1)N1CCCN(CC(F)(F)F)CC1. The number of nitrogens with zero attached hydrogens (tertiary/aromatic N) is 2. The number of alkyl halides is 3. The van der Waals surface area contributed by atoms with Crippen molar-refractivity contribution in [3.63, 3.8) is 0 Å². The smallest absolute Gasteiger partial charge is 0.410 e. The maximum atomic E-state index is 12.4. The van der Waals surface area contributed by atoms with E-state index in [1.54, 1.807) is 0 Å². The molecule has 1 aromatic carbocycles. The highest BCUT2D eigenvalue weighted by atomic mass is 19.4. The summed E-state index contributed by atoms with van der Waals surface area (Å²) >= 11 is 0. The molecule has 0 saturated carbocycles. The van der Waals surface area contributed by atoms with Gasteiger partial charge >= 0.3 is 12.3 Å². The number of hydrogen-bond donors (Lipinski definition) is 0. The van der Waals surface area contributed by atoms with E-state index < -0.39 is 18.8 Å². The average Bonchev–Trinajstić information content (AvgIpc) is 2.70. The van der Waals surface area contributed by atoms with Gasteiger partial charge in [0.05, 0.1) is 6.54 Å². The fourth-order valence-corrected chi connectivity index (χ4v) is 2.38. The van der Waals surface area contributed by atoms with Crippen molar-refractivity contribution in [2.24, 2.45) is 0 Å². The van der Waals surface area contributed by atoms with Crippen LogP contribution in [0.4, 0.5) is 18.0 Å². The van der Waals surface area contributed by atoms with Crippen molar-refractivity contribution in [3.8, 4) is 0 Å². The van der Waals surface area contributed by atoms with Gasteiger partial charge in [-0.25, -0.2) is 4.79 Å². The minimum atomic E-state index is -4.21. The van der Waals surface area contributed by atoms with Crippen LogP contribution < -0.4 is 0 Å². The molecule has 7 heteroatoms. The lowest BCUT2D eigenvalue weighted by Gasteiger charge is -2.22. The monoisotopic (exact) mass is 316 g/mol. The van der Waals surface area contributed by atoms with Crippen molar-refractivity contribution >= 4 is 6.09 Å². The molecule has 0 spiro atoms. The van der Waals surface area contributed by atoms with E-state index in [2.05, 4.69) is 0 Å². The lowest BCUT2D eigenvalue weighted by molar-refractivity contribution is -0.145. The van der Waals surface area contributed by atoms with E-state index in [9.17, 15) is 18.0 Å². The van der Waals surface area contributed by atoms with E-state index in [0.29, 0.717) is 19.5 Å². The van der Waals surface area contributed by atoms with E-state index in [0.717, 1.165) is 5.56 Å². The van der Waals surface area contributed by atoms with Crippen LogP contribution in [0.15, 0.2) is 30.3 Å². The zero-order chi connectivity index (χ0) is 16.0. The Kier molecular flexibility index (Phi) is 5.65. The first kappa shape index (κ1) is 16.6. The molecule has 4 nitrogen and oxygen atoms in total. The van der Waals surface area contributed by atoms with Crippen molar-refractivity contribution < 1.29 is 22.7 Å². The molecule has 122 valence electrons. The molecule has 1 saturated heterocycles. The van der Waals surface area contributed by atoms with Crippen LogP contribution in [0.2, 0.25) is 0 Å². The molecule has 0 radical (unpaired) electrons. The molecule has 0 unspecified atom stereocenters. The van der Waals surface area contributed by atoms with Gasteiger partial charge in [-0.2, -0.15) is 13.2 Å². The second-order valence-corrected chi connectivity index (χ2v) is 5.27. The summed E-state index contributed by atoms with van der Waals surface area (Å²) in [6, 6.07) is 9.27. The largest absolute Gasteiger partial charge is 0.445 e. The number of benzene rings is 1.